The lowest BCUT2D eigenvalue weighted by Gasteiger charge is -2.09. The van der Waals surface area contributed by atoms with E-state index in [0.717, 1.165) is 23.4 Å². The highest BCUT2D eigenvalue weighted by Gasteiger charge is 2.06. The predicted molar refractivity (Wildman–Crippen MR) is 77.0 cm³/mol. The number of carbonyl (C=O) groups excluding carboxylic acids is 1. The molecule has 1 aromatic rings. The molecule has 0 aromatic heterocycles. The van der Waals surface area contributed by atoms with Gasteiger partial charge >= 0.3 is 0 Å². The Morgan fingerprint density at radius 3 is 3.06 bits per heavy atom. The van der Waals surface area contributed by atoms with Gasteiger partial charge in [-0.2, -0.15) is 17.0 Å². The Balaban J connectivity index is 2.36. The molecule has 5 heteroatoms. The molecule has 1 rings (SSSR count). The lowest BCUT2D eigenvalue weighted by molar-refractivity contribution is -0.113. The average Bonchev–Trinajstić information content (AvgIpc) is 2.35. The van der Waals surface area contributed by atoms with Crippen molar-refractivity contribution < 1.29 is 4.79 Å². The van der Waals surface area contributed by atoms with Crippen molar-refractivity contribution in [3.05, 3.63) is 28.8 Å². The van der Waals surface area contributed by atoms with Crippen LogP contribution >= 0.6 is 23.4 Å². The van der Waals surface area contributed by atoms with Crippen LogP contribution in [0, 0.1) is 18.3 Å². The minimum absolute atomic E-state index is 0.0395. The van der Waals surface area contributed by atoms with Crippen LogP contribution in [0.1, 0.15) is 18.4 Å². The molecule has 0 aliphatic heterocycles. The van der Waals surface area contributed by atoms with Gasteiger partial charge in [0.15, 0.2) is 0 Å². The first-order chi connectivity index (χ1) is 8.65. The molecule has 1 N–H and O–H groups in total. The molecule has 3 nitrogen and oxygen atoms in total. The second-order valence-electron chi connectivity index (χ2n) is 3.77. The summed E-state index contributed by atoms with van der Waals surface area (Å²) in [5, 5.41) is 11.9. The summed E-state index contributed by atoms with van der Waals surface area (Å²) < 4.78 is 0. The molecule has 0 aliphatic carbocycles. The average molecular weight is 283 g/mol. The van der Waals surface area contributed by atoms with Crippen molar-refractivity contribution in [3.8, 4) is 6.07 Å². The third-order valence-corrected chi connectivity index (χ3v) is 3.81. The Morgan fingerprint density at radius 2 is 2.33 bits per heavy atom. The number of carbonyl (C=O) groups is 1. The van der Waals surface area contributed by atoms with Crippen LogP contribution in [0.3, 0.4) is 0 Å². The minimum atomic E-state index is -0.0395. The van der Waals surface area contributed by atoms with Crippen LogP contribution in [0.5, 0.6) is 0 Å². The summed E-state index contributed by atoms with van der Waals surface area (Å²) in [6.07, 6.45) is 1.37. The van der Waals surface area contributed by atoms with Crippen molar-refractivity contribution in [1.29, 1.82) is 5.26 Å². The summed E-state index contributed by atoms with van der Waals surface area (Å²) >= 11 is 7.51. The van der Waals surface area contributed by atoms with Gasteiger partial charge in [-0.25, -0.2) is 0 Å². The van der Waals surface area contributed by atoms with Crippen molar-refractivity contribution >= 4 is 35.0 Å². The number of anilines is 1. The largest absolute Gasteiger partial charge is 0.325 e. The highest BCUT2D eigenvalue weighted by molar-refractivity contribution is 7.99. The molecule has 0 saturated heterocycles. The Kier molecular flexibility index (Phi) is 6.63. The number of thioether (sulfide) groups is 1. The van der Waals surface area contributed by atoms with E-state index in [1.165, 1.54) is 11.8 Å². The van der Waals surface area contributed by atoms with Crippen LogP contribution in [0.15, 0.2) is 18.2 Å². The number of rotatable bonds is 6. The molecule has 0 atom stereocenters. The molecule has 0 radical (unpaired) electrons. The van der Waals surface area contributed by atoms with Gasteiger partial charge in [-0.15, -0.1) is 0 Å². The van der Waals surface area contributed by atoms with E-state index < -0.39 is 0 Å². The Bertz CT molecular complexity index is 457. The van der Waals surface area contributed by atoms with E-state index in [9.17, 15) is 4.79 Å². The van der Waals surface area contributed by atoms with E-state index >= 15 is 0 Å². The lowest BCUT2D eigenvalue weighted by atomic mass is 10.2. The number of hydrogen-bond acceptors (Lipinski definition) is 3. The van der Waals surface area contributed by atoms with Gasteiger partial charge in [0.05, 0.1) is 11.8 Å². The molecule has 0 unspecified atom stereocenters. The van der Waals surface area contributed by atoms with Gasteiger partial charge in [-0.3, -0.25) is 4.79 Å². The molecule has 0 aliphatic rings. The second kappa shape index (κ2) is 8.02. The molecular weight excluding hydrogens is 268 g/mol. The summed E-state index contributed by atoms with van der Waals surface area (Å²) in [7, 11) is 0. The topological polar surface area (TPSA) is 52.9 Å². The first kappa shape index (κ1) is 14.9. The third-order valence-electron chi connectivity index (χ3n) is 2.35. The van der Waals surface area contributed by atoms with E-state index in [1.807, 2.05) is 19.1 Å². The maximum Gasteiger partial charge on any atom is 0.234 e. The zero-order valence-corrected chi connectivity index (χ0v) is 11.8. The van der Waals surface area contributed by atoms with Crippen molar-refractivity contribution in [1.82, 2.24) is 0 Å². The number of hydrogen-bond donors (Lipinski definition) is 1. The zero-order chi connectivity index (χ0) is 13.4. The fourth-order valence-corrected chi connectivity index (χ4v) is 2.27. The highest BCUT2D eigenvalue weighted by atomic mass is 35.5. The van der Waals surface area contributed by atoms with Crippen LogP contribution in [0.2, 0.25) is 5.02 Å². The van der Waals surface area contributed by atoms with Crippen molar-refractivity contribution in [2.45, 2.75) is 19.8 Å². The standard InChI is InChI=1S/C13H15ClN2OS/c1-10-11(14)5-4-6-12(10)16-13(17)9-18-8-3-2-7-15/h4-6H,2-3,8-9H2,1H3,(H,16,17). The molecule has 0 saturated carbocycles. The van der Waals surface area contributed by atoms with Gasteiger partial charge in [-0.1, -0.05) is 17.7 Å². The van der Waals surface area contributed by atoms with Crippen molar-refractivity contribution in [2.75, 3.05) is 16.8 Å². The predicted octanol–water partition coefficient (Wildman–Crippen LogP) is 3.62. The Hall–Kier alpha value is -1.18. The number of nitrogens with zero attached hydrogens (tertiary/aromatic N) is 1. The molecule has 0 heterocycles. The molecule has 18 heavy (non-hydrogen) atoms. The van der Waals surface area contributed by atoms with Crippen LogP contribution < -0.4 is 5.32 Å². The molecule has 0 spiro atoms. The van der Waals surface area contributed by atoms with Gasteiger partial charge in [0.1, 0.15) is 0 Å². The number of nitrogens with one attached hydrogen (secondary N) is 1. The van der Waals surface area contributed by atoms with Gasteiger partial charge in [-0.05, 0) is 36.8 Å². The number of halogens is 1. The van der Waals surface area contributed by atoms with Gasteiger partial charge in [0.2, 0.25) is 5.91 Å². The third kappa shape index (κ3) is 4.99. The number of amides is 1. The highest BCUT2D eigenvalue weighted by Crippen LogP contribution is 2.23. The minimum Gasteiger partial charge on any atom is -0.325 e. The fourth-order valence-electron chi connectivity index (χ4n) is 1.35. The smallest absolute Gasteiger partial charge is 0.234 e. The monoisotopic (exact) mass is 282 g/mol. The van der Waals surface area contributed by atoms with E-state index in [4.69, 9.17) is 16.9 Å². The molecule has 1 amide bonds. The number of benzene rings is 1. The lowest BCUT2D eigenvalue weighted by Crippen LogP contribution is -2.15. The van der Waals surface area contributed by atoms with Crippen LogP contribution in [0.4, 0.5) is 5.69 Å². The first-order valence-electron chi connectivity index (χ1n) is 5.65. The van der Waals surface area contributed by atoms with Crippen molar-refractivity contribution in [2.24, 2.45) is 0 Å². The maximum atomic E-state index is 11.7. The van der Waals surface area contributed by atoms with Crippen LogP contribution in [-0.4, -0.2) is 17.4 Å². The SMILES string of the molecule is Cc1c(Cl)cccc1NC(=O)CSCCCC#N. The van der Waals surface area contributed by atoms with Crippen molar-refractivity contribution in [3.63, 3.8) is 0 Å². The summed E-state index contributed by atoms with van der Waals surface area (Å²) in [6, 6.07) is 7.52. The molecular formula is C13H15ClN2OS. The normalized spacial score (nSPS) is 9.83. The Morgan fingerprint density at radius 1 is 1.56 bits per heavy atom. The fraction of sp³-hybridized carbons (Fsp3) is 0.385. The Labute approximate surface area is 117 Å². The first-order valence-corrected chi connectivity index (χ1v) is 7.18. The van der Waals surface area contributed by atoms with Gasteiger partial charge in [0.25, 0.3) is 0 Å². The van der Waals surface area contributed by atoms with Crippen LogP contribution in [0.25, 0.3) is 0 Å². The van der Waals surface area contributed by atoms with Gasteiger partial charge in [0, 0.05) is 17.1 Å². The zero-order valence-electron chi connectivity index (χ0n) is 10.2. The summed E-state index contributed by atoms with van der Waals surface area (Å²) in [5.41, 5.74) is 1.63. The maximum absolute atomic E-state index is 11.7. The summed E-state index contributed by atoms with van der Waals surface area (Å²) in [4.78, 5) is 11.7. The van der Waals surface area contributed by atoms with E-state index in [-0.39, 0.29) is 5.91 Å². The summed E-state index contributed by atoms with van der Waals surface area (Å²) in [6.45, 7) is 1.87. The van der Waals surface area contributed by atoms with Crippen LogP contribution in [-0.2, 0) is 4.79 Å². The molecule has 0 bridgehead atoms. The molecule has 96 valence electrons. The number of nitriles is 1. The summed E-state index contributed by atoms with van der Waals surface area (Å²) in [5.74, 6) is 1.19. The van der Waals surface area contributed by atoms with E-state index in [0.29, 0.717) is 17.2 Å². The molecule has 1 aromatic carbocycles. The molecule has 0 fully saturated rings. The van der Waals surface area contributed by atoms with E-state index in [1.54, 1.807) is 6.07 Å². The van der Waals surface area contributed by atoms with E-state index in [2.05, 4.69) is 11.4 Å². The second-order valence-corrected chi connectivity index (χ2v) is 5.29. The number of unbranched alkanes of at least 4 members (excludes halogenated alkanes) is 1. The van der Waals surface area contributed by atoms with Gasteiger partial charge < -0.3 is 5.32 Å². The quantitative estimate of drug-likeness (QED) is 0.811.